The smallest absolute Gasteiger partial charge is 0.550 e. The molecule has 0 aromatic heterocycles. The van der Waals surface area contributed by atoms with Crippen molar-refractivity contribution in [3.63, 3.8) is 0 Å². The van der Waals surface area contributed by atoms with Crippen LogP contribution in [0.5, 0.6) is 0 Å². The van der Waals surface area contributed by atoms with E-state index in [1.54, 1.807) is 0 Å². The Hall–Kier alpha value is 0.364. The first-order valence-corrected chi connectivity index (χ1v) is 1.82. The van der Waals surface area contributed by atoms with Gasteiger partial charge in [0.2, 0.25) is 0 Å². The van der Waals surface area contributed by atoms with Crippen LogP contribution in [0.15, 0.2) is 0 Å². The maximum absolute atomic E-state index is 8.89. The summed E-state index contributed by atoms with van der Waals surface area (Å²) in [5.41, 5.74) is 0. The topological polar surface area (TPSA) is 206 Å². The molecule has 0 amide bonds. The maximum Gasteiger partial charge on any atom is 2.00 e. The first-order valence-electron chi connectivity index (χ1n) is 1.82. The minimum Gasteiger partial charge on any atom is -0.550 e. The second-order valence-electron chi connectivity index (χ2n) is 0.983. The molecule has 0 atom stereocenters. The van der Waals surface area contributed by atoms with Gasteiger partial charge in [0, 0.05) is 11.9 Å². The van der Waals surface area contributed by atoms with Crippen LogP contribution in [0.1, 0.15) is 13.8 Å². The van der Waals surface area contributed by atoms with E-state index in [0.29, 0.717) is 0 Å². The van der Waals surface area contributed by atoms with Gasteiger partial charge >= 0.3 is 49.4 Å². The molecule has 0 rings (SSSR count). The molecule has 0 bridgehead atoms. The summed E-state index contributed by atoms with van der Waals surface area (Å²) in [6.45, 7) is 1.94. The number of carbonyl (C=O) groups is 2. The van der Waals surface area contributed by atoms with Crippen LogP contribution in [0.4, 0.5) is 0 Å². The number of carboxylic acid groups (broad SMARTS) is 2. The Kier molecular flexibility index (Phi) is 153. The summed E-state index contributed by atoms with van der Waals surface area (Å²) in [7, 11) is 0. The van der Waals surface area contributed by atoms with Gasteiger partial charge in [0.05, 0.1) is 0 Å². The van der Waals surface area contributed by atoms with Crippen molar-refractivity contribution in [1.29, 1.82) is 0 Å². The SMILES string of the molecule is CC(=O)[O-].CC(=O)[O-].O.O.O.O.[Eu+2]. The van der Waals surface area contributed by atoms with Gasteiger partial charge in [0.15, 0.2) is 0 Å². The molecular weight excluding hydrogens is 328 g/mol. The number of carboxylic acids is 2. The fourth-order valence-electron chi connectivity index (χ4n) is 0. The minimum absolute atomic E-state index is 0. The monoisotopic (exact) mass is 343 g/mol. The molecule has 0 fully saturated rings. The van der Waals surface area contributed by atoms with Crippen molar-refractivity contribution < 1.29 is 91.1 Å². The quantitative estimate of drug-likeness (QED) is 0.421. The Labute approximate surface area is 116 Å². The van der Waals surface area contributed by atoms with Crippen LogP contribution >= 0.6 is 0 Å². The van der Waals surface area contributed by atoms with Crippen molar-refractivity contribution >= 4 is 11.9 Å². The summed E-state index contributed by atoms with van der Waals surface area (Å²) in [5, 5.41) is 17.8. The van der Waals surface area contributed by atoms with Gasteiger partial charge in [0.25, 0.3) is 0 Å². The van der Waals surface area contributed by atoms with E-state index < -0.39 is 11.9 Å². The van der Waals surface area contributed by atoms with Crippen molar-refractivity contribution in [3.8, 4) is 0 Å². The Morgan fingerprint density at radius 1 is 0.769 bits per heavy atom. The molecule has 0 saturated heterocycles. The van der Waals surface area contributed by atoms with Crippen LogP contribution in [-0.2, 0) is 9.59 Å². The van der Waals surface area contributed by atoms with Crippen molar-refractivity contribution in [2.45, 2.75) is 13.8 Å². The van der Waals surface area contributed by atoms with E-state index >= 15 is 0 Å². The summed E-state index contributed by atoms with van der Waals surface area (Å²) in [6, 6.07) is 0. The molecule has 0 aromatic carbocycles. The van der Waals surface area contributed by atoms with Crippen LogP contribution in [0.3, 0.4) is 0 Å². The van der Waals surface area contributed by atoms with Crippen molar-refractivity contribution in [2.24, 2.45) is 0 Å². The molecule has 8 N–H and O–H groups in total. The first-order chi connectivity index (χ1) is 3.46. The minimum atomic E-state index is -1.08. The summed E-state index contributed by atoms with van der Waals surface area (Å²) >= 11 is 0. The summed E-state index contributed by atoms with van der Waals surface area (Å²) < 4.78 is 0. The zero-order valence-electron chi connectivity index (χ0n) is 7.01. The predicted molar refractivity (Wildman–Crippen MR) is 35.8 cm³/mol. The predicted octanol–water partition coefficient (Wildman–Crippen LogP) is -5.79. The summed E-state index contributed by atoms with van der Waals surface area (Å²) in [6.07, 6.45) is 0. The molecule has 0 unspecified atom stereocenters. The fraction of sp³-hybridized carbons (Fsp3) is 0.500. The number of hydrogen-bond acceptors (Lipinski definition) is 4. The first kappa shape index (κ1) is 50.4. The van der Waals surface area contributed by atoms with E-state index in [1.807, 2.05) is 0 Å². The van der Waals surface area contributed by atoms with Gasteiger partial charge in [-0.2, -0.15) is 0 Å². The second-order valence-corrected chi connectivity index (χ2v) is 0.983. The van der Waals surface area contributed by atoms with Crippen LogP contribution in [0, 0.1) is 49.4 Å². The summed E-state index contributed by atoms with van der Waals surface area (Å²) in [5.74, 6) is -2.17. The van der Waals surface area contributed by atoms with E-state index in [0.717, 1.165) is 13.8 Å². The van der Waals surface area contributed by atoms with E-state index in [4.69, 9.17) is 19.8 Å². The molecule has 1 radical (unpaired) electrons. The third-order valence-electron chi connectivity index (χ3n) is 0. The normalized spacial score (nSPS) is 3.85. The standard InChI is InChI=1S/2C2H4O2.Eu.4H2O/c2*1-2(3)4;;;;;/h2*1H3,(H,3,4);;4*1H2/q;;+2;;;;/p-2. The van der Waals surface area contributed by atoms with Crippen molar-refractivity contribution in [3.05, 3.63) is 0 Å². The number of hydrogen-bond donors (Lipinski definition) is 0. The molecule has 8 nitrogen and oxygen atoms in total. The molecule has 13 heavy (non-hydrogen) atoms. The fourth-order valence-corrected chi connectivity index (χ4v) is 0. The molecule has 0 aromatic rings. The van der Waals surface area contributed by atoms with E-state index in [1.165, 1.54) is 0 Å². The largest absolute Gasteiger partial charge is 2.00 e. The molecule has 0 aliphatic carbocycles. The molecule has 0 aliphatic heterocycles. The molecular formula is C4H14EuO8. The average molecular weight is 342 g/mol. The van der Waals surface area contributed by atoms with Gasteiger partial charge in [-0.3, -0.25) is 0 Å². The summed E-state index contributed by atoms with van der Waals surface area (Å²) in [4.78, 5) is 17.8. The van der Waals surface area contributed by atoms with Gasteiger partial charge in [-0.1, -0.05) is 0 Å². The number of carbonyl (C=O) groups excluding carboxylic acids is 2. The van der Waals surface area contributed by atoms with Gasteiger partial charge in [-0.25, -0.2) is 0 Å². The van der Waals surface area contributed by atoms with E-state index in [2.05, 4.69) is 0 Å². The Morgan fingerprint density at radius 3 is 0.769 bits per heavy atom. The van der Waals surface area contributed by atoms with E-state index in [-0.39, 0.29) is 71.3 Å². The molecule has 9 heteroatoms. The molecule has 85 valence electrons. The number of rotatable bonds is 0. The van der Waals surface area contributed by atoms with Gasteiger partial charge in [-0.05, 0) is 13.8 Å². The molecule has 0 saturated carbocycles. The zero-order valence-corrected chi connectivity index (χ0v) is 9.44. The van der Waals surface area contributed by atoms with Gasteiger partial charge in [0.1, 0.15) is 0 Å². The van der Waals surface area contributed by atoms with Crippen molar-refractivity contribution in [2.75, 3.05) is 0 Å². The average Bonchev–Trinajstić information content (AvgIpc) is 1.25. The van der Waals surface area contributed by atoms with Crippen LogP contribution in [-0.4, -0.2) is 33.8 Å². The molecule has 0 spiro atoms. The molecule has 0 aliphatic rings. The molecule has 0 heterocycles. The zero-order chi connectivity index (χ0) is 7.15. The van der Waals surface area contributed by atoms with Crippen LogP contribution in [0.25, 0.3) is 0 Å². The second kappa shape index (κ2) is 39.4. The van der Waals surface area contributed by atoms with E-state index in [9.17, 15) is 0 Å². The third kappa shape index (κ3) is 10000. The Balaban J connectivity index is -0.00000000800. The maximum atomic E-state index is 8.89. The number of aliphatic carboxylic acids is 2. The Morgan fingerprint density at radius 2 is 0.769 bits per heavy atom. The van der Waals surface area contributed by atoms with Gasteiger partial charge in [-0.15, -0.1) is 0 Å². The van der Waals surface area contributed by atoms with Crippen LogP contribution < -0.4 is 10.2 Å². The van der Waals surface area contributed by atoms with Crippen molar-refractivity contribution in [1.82, 2.24) is 0 Å². The van der Waals surface area contributed by atoms with Crippen LogP contribution in [0.2, 0.25) is 0 Å². The van der Waals surface area contributed by atoms with Gasteiger partial charge < -0.3 is 41.7 Å². The Bertz CT molecular complexity index is 74.1. The third-order valence-corrected chi connectivity index (χ3v) is 0.